The highest BCUT2D eigenvalue weighted by Gasteiger charge is 2.17. The summed E-state index contributed by atoms with van der Waals surface area (Å²) < 4.78 is 12.8. The molecule has 0 aliphatic heterocycles. The molecular formula is C19H28ClN3O2. The quantitative estimate of drug-likeness (QED) is 0.723. The van der Waals surface area contributed by atoms with Crippen LogP contribution < -0.4 is 14.8 Å². The lowest BCUT2D eigenvalue weighted by atomic mass is 10.1. The molecule has 0 radical (unpaired) electrons. The van der Waals surface area contributed by atoms with Crippen LogP contribution in [0.25, 0.3) is 0 Å². The van der Waals surface area contributed by atoms with Crippen LogP contribution in [0.2, 0.25) is 0 Å². The maximum atomic E-state index is 5.35. The van der Waals surface area contributed by atoms with E-state index >= 15 is 0 Å². The summed E-state index contributed by atoms with van der Waals surface area (Å²) >= 11 is 0. The van der Waals surface area contributed by atoms with E-state index in [1.165, 1.54) is 36.8 Å². The van der Waals surface area contributed by atoms with Gasteiger partial charge in [0.2, 0.25) is 0 Å². The molecule has 3 rings (SSSR count). The van der Waals surface area contributed by atoms with Gasteiger partial charge in [-0.15, -0.1) is 12.4 Å². The van der Waals surface area contributed by atoms with E-state index in [-0.39, 0.29) is 12.4 Å². The molecule has 0 bridgehead atoms. The molecule has 0 saturated heterocycles. The largest absolute Gasteiger partial charge is 0.493 e. The molecule has 1 aliphatic carbocycles. The van der Waals surface area contributed by atoms with E-state index in [1.807, 2.05) is 18.3 Å². The normalized spacial score (nSPS) is 14.3. The summed E-state index contributed by atoms with van der Waals surface area (Å²) in [7, 11) is 3.33. The Bertz CT molecular complexity index is 654. The topological polar surface area (TPSA) is 48.3 Å². The minimum Gasteiger partial charge on any atom is -0.493 e. The molecule has 138 valence electrons. The number of nitrogens with zero attached hydrogens (tertiary/aromatic N) is 2. The van der Waals surface area contributed by atoms with Gasteiger partial charge in [0.25, 0.3) is 0 Å². The molecule has 0 unspecified atom stereocenters. The molecule has 1 aromatic heterocycles. The first-order chi connectivity index (χ1) is 11.8. The van der Waals surface area contributed by atoms with Crippen LogP contribution in [0.5, 0.6) is 11.5 Å². The molecule has 0 amide bonds. The van der Waals surface area contributed by atoms with Crippen LogP contribution in [0.4, 0.5) is 0 Å². The average Bonchev–Trinajstić information content (AvgIpc) is 3.29. The molecule has 0 spiro atoms. The fraction of sp³-hybridized carbons (Fsp3) is 0.526. The van der Waals surface area contributed by atoms with Crippen molar-refractivity contribution in [2.45, 2.75) is 44.7 Å². The van der Waals surface area contributed by atoms with Crippen molar-refractivity contribution in [3.63, 3.8) is 0 Å². The number of methoxy groups -OCH3 is 2. The zero-order chi connectivity index (χ0) is 16.8. The fourth-order valence-corrected chi connectivity index (χ4v) is 3.34. The number of ether oxygens (including phenoxy) is 2. The maximum absolute atomic E-state index is 5.35. The standard InChI is InChI=1S/C19H27N3O2.ClH/c1-23-18-8-7-15(11-19(18)24-2)9-10-20-12-16-13-21-22(14-16)17-5-3-4-6-17;/h7-8,11,13-14,17,20H,3-6,9-10,12H2,1-2H3;1H. The lowest BCUT2D eigenvalue weighted by molar-refractivity contribution is 0.354. The van der Waals surface area contributed by atoms with Crippen molar-refractivity contribution in [1.82, 2.24) is 15.1 Å². The molecule has 0 atom stereocenters. The summed E-state index contributed by atoms with van der Waals surface area (Å²) in [6, 6.07) is 6.70. The summed E-state index contributed by atoms with van der Waals surface area (Å²) in [4.78, 5) is 0. The summed E-state index contributed by atoms with van der Waals surface area (Å²) in [5, 5.41) is 8.02. The van der Waals surface area contributed by atoms with Crippen LogP contribution in [0.1, 0.15) is 42.9 Å². The van der Waals surface area contributed by atoms with Crippen molar-refractivity contribution in [3.8, 4) is 11.5 Å². The SMILES string of the molecule is COc1ccc(CCNCc2cnn(C3CCCC3)c2)cc1OC.Cl. The van der Waals surface area contributed by atoms with Gasteiger partial charge in [-0.2, -0.15) is 5.10 Å². The monoisotopic (exact) mass is 365 g/mol. The van der Waals surface area contributed by atoms with Gasteiger partial charge in [-0.3, -0.25) is 4.68 Å². The maximum Gasteiger partial charge on any atom is 0.160 e. The highest BCUT2D eigenvalue weighted by Crippen LogP contribution is 2.29. The Morgan fingerprint density at radius 1 is 1.12 bits per heavy atom. The summed E-state index contributed by atoms with van der Waals surface area (Å²) in [5.41, 5.74) is 2.50. The molecule has 1 heterocycles. The van der Waals surface area contributed by atoms with Gasteiger partial charge in [-0.05, 0) is 43.5 Å². The second kappa shape index (κ2) is 9.68. The predicted molar refractivity (Wildman–Crippen MR) is 102 cm³/mol. The summed E-state index contributed by atoms with van der Waals surface area (Å²) in [5.74, 6) is 1.56. The van der Waals surface area contributed by atoms with E-state index in [1.54, 1.807) is 14.2 Å². The Hall–Kier alpha value is -1.72. The van der Waals surface area contributed by atoms with Gasteiger partial charge >= 0.3 is 0 Å². The summed E-state index contributed by atoms with van der Waals surface area (Å²) in [6.07, 6.45) is 10.4. The van der Waals surface area contributed by atoms with Gasteiger partial charge in [-0.25, -0.2) is 0 Å². The average molecular weight is 366 g/mol. The first kappa shape index (κ1) is 19.6. The van der Waals surface area contributed by atoms with Crippen molar-refractivity contribution in [3.05, 3.63) is 41.7 Å². The number of nitrogens with one attached hydrogen (secondary N) is 1. The van der Waals surface area contributed by atoms with Crippen molar-refractivity contribution in [2.24, 2.45) is 0 Å². The number of hydrogen-bond donors (Lipinski definition) is 1. The number of benzene rings is 1. The number of halogens is 1. The van der Waals surface area contributed by atoms with E-state index in [9.17, 15) is 0 Å². The van der Waals surface area contributed by atoms with Crippen LogP contribution in [-0.2, 0) is 13.0 Å². The van der Waals surface area contributed by atoms with Gasteiger partial charge in [0.1, 0.15) is 0 Å². The van der Waals surface area contributed by atoms with E-state index in [4.69, 9.17) is 9.47 Å². The Labute approximate surface area is 156 Å². The van der Waals surface area contributed by atoms with Crippen molar-refractivity contribution < 1.29 is 9.47 Å². The number of aromatic nitrogens is 2. The third-order valence-electron chi connectivity index (χ3n) is 4.72. The van der Waals surface area contributed by atoms with Gasteiger partial charge in [0.05, 0.1) is 26.5 Å². The van der Waals surface area contributed by atoms with Crippen LogP contribution in [0.3, 0.4) is 0 Å². The second-order valence-electron chi connectivity index (χ2n) is 6.38. The molecule has 25 heavy (non-hydrogen) atoms. The van der Waals surface area contributed by atoms with Crippen LogP contribution >= 0.6 is 12.4 Å². The predicted octanol–water partition coefficient (Wildman–Crippen LogP) is 3.77. The highest BCUT2D eigenvalue weighted by atomic mass is 35.5. The minimum absolute atomic E-state index is 0. The Kier molecular flexibility index (Phi) is 7.59. The van der Waals surface area contributed by atoms with E-state index in [0.29, 0.717) is 6.04 Å². The zero-order valence-electron chi connectivity index (χ0n) is 15.0. The zero-order valence-corrected chi connectivity index (χ0v) is 15.8. The van der Waals surface area contributed by atoms with E-state index in [2.05, 4.69) is 27.4 Å². The Morgan fingerprint density at radius 3 is 2.60 bits per heavy atom. The molecular weight excluding hydrogens is 338 g/mol. The molecule has 5 nitrogen and oxygen atoms in total. The first-order valence-electron chi connectivity index (χ1n) is 8.75. The molecule has 1 fully saturated rings. The van der Waals surface area contributed by atoms with Gasteiger partial charge < -0.3 is 14.8 Å². The molecule has 2 aromatic rings. The molecule has 1 saturated carbocycles. The van der Waals surface area contributed by atoms with Gasteiger partial charge in [-0.1, -0.05) is 18.9 Å². The van der Waals surface area contributed by atoms with Gasteiger partial charge in [0.15, 0.2) is 11.5 Å². The molecule has 1 aromatic carbocycles. The van der Waals surface area contributed by atoms with Crippen LogP contribution in [0, 0.1) is 0 Å². The number of hydrogen-bond acceptors (Lipinski definition) is 4. The Balaban J connectivity index is 0.00000225. The lowest BCUT2D eigenvalue weighted by Crippen LogP contribution is -2.16. The van der Waals surface area contributed by atoms with Gasteiger partial charge in [0, 0.05) is 18.3 Å². The van der Waals surface area contributed by atoms with Crippen molar-refractivity contribution in [1.29, 1.82) is 0 Å². The van der Waals surface area contributed by atoms with E-state index in [0.717, 1.165) is 31.0 Å². The van der Waals surface area contributed by atoms with Crippen LogP contribution in [-0.4, -0.2) is 30.5 Å². The highest BCUT2D eigenvalue weighted by molar-refractivity contribution is 5.85. The summed E-state index contributed by atoms with van der Waals surface area (Å²) in [6.45, 7) is 1.78. The van der Waals surface area contributed by atoms with E-state index < -0.39 is 0 Å². The second-order valence-corrected chi connectivity index (χ2v) is 6.38. The first-order valence-corrected chi connectivity index (χ1v) is 8.75. The lowest BCUT2D eigenvalue weighted by Gasteiger charge is -2.10. The van der Waals surface area contributed by atoms with Crippen molar-refractivity contribution >= 4 is 12.4 Å². The minimum atomic E-state index is 0. The third kappa shape index (κ3) is 5.13. The third-order valence-corrected chi connectivity index (χ3v) is 4.72. The smallest absolute Gasteiger partial charge is 0.160 e. The molecule has 1 aliphatic rings. The fourth-order valence-electron chi connectivity index (χ4n) is 3.34. The number of rotatable bonds is 8. The Morgan fingerprint density at radius 2 is 1.88 bits per heavy atom. The van der Waals surface area contributed by atoms with Crippen molar-refractivity contribution in [2.75, 3.05) is 20.8 Å². The molecule has 6 heteroatoms. The molecule has 1 N–H and O–H groups in total. The van der Waals surface area contributed by atoms with Crippen LogP contribution in [0.15, 0.2) is 30.6 Å².